The van der Waals surface area contributed by atoms with E-state index in [1.54, 1.807) is 24.3 Å². The van der Waals surface area contributed by atoms with Gasteiger partial charge in [0, 0.05) is 11.8 Å². The average Bonchev–Trinajstić information content (AvgIpc) is 3.99. The highest BCUT2D eigenvalue weighted by molar-refractivity contribution is 5.91. The summed E-state index contributed by atoms with van der Waals surface area (Å²) in [6, 6.07) is 9.18. The molecule has 0 spiro atoms. The van der Waals surface area contributed by atoms with Crippen molar-refractivity contribution in [2.75, 3.05) is 75.7 Å². The molecule has 4 aliphatic rings. The van der Waals surface area contributed by atoms with E-state index < -0.39 is 80.6 Å². The second-order valence-corrected chi connectivity index (χ2v) is 15.4. The van der Waals surface area contributed by atoms with E-state index >= 15 is 0 Å². The number of ether oxygens (including phenoxy) is 13. The first-order chi connectivity index (χ1) is 30.2. The molecule has 0 aromatic heterocycles. The van der Waals surface area contributed by atoms with Gasteiger partial charge in [0.1, 0.15) is 37.1 Å². The predicted molar refractivity (Wildman–Crippen MR) is 211 cm³/mol. The fraction of sp³-hybridized carbons (Fsp3) is 0.548. The Hall–Kier alpha value is -5.07. The summed E-state index contributed by atoms with van der Waals surface area (Å²) in [5.74, 6) is -0.896. The second kappa shape index (κ2) is 19.0. The van der Waals surface area contributed by atoms with Crippen LogP contribution in [0.4, 0.5) is 0 Å². The van der Waals surface area contributed by atoms with Crippen molar-refractivity contribution in [3.05, 3.63) is 53.1 Å². The normalized spacial score (nSPS) is 31.3. The Bertz CT molecular complexity index is 2020. The van der Waals surface area contributed by atoms with Gasteiger partial charge in [0.25, 0.3) is 0 Å². The molecule has 0 amide bonds. The van der Waals surface area contributed by atoms with Gasteiger partial charge in [-0.15, -0.1) is 0 Å². The second-order valence-electron chi connectivity index (χ2n) is 15.4. The van der Waals surface area contributed by atoms with Crippen LogP contribution in [0.25, 0.3) is 0 Å². The maximum absolute atomic E-state index is 12.8. The van der Waals surface area contributed by atoms with Crippen LogP contribution in [0.3, 0.4) is 0 Å². The van der Waals surface area contributed by atoms with Gasteiger partial charge in [-0.25, -0.2) is 4.79 Å². The highest BCUT2D eigenvalue weighted by atomic mass is 16.7. The number of phenols is 2. The zero-order valence-corrected chi connectivity index (χ0v) is 35.2. The van der Waals surface area contributed by atoms with Crippen molar-refractivity contribution in [1.29, 1.82) is 0 Å². The number of benzene rings is 3. The van der Waals surface area contributed by atoms with Gasteiger partial charge in [0.15, 0.2) is 46.4 Å². The third kappa shape index (κ3) is 8.77. The lowest BCUT2D eigenvalue weighted by Gasteiger charge is -2.40. The van der Waals surface area contributed by atoms with Crippen LogP contribution in [0.1, 0.15) is 33.7 Å². The highest BCUT2D eigenvalue weighted by Gasteiger charge is 2.52. The number of rotatable bonds is 16. The average molecular weight is 893 g/mol. The van der Waals surface area contributed by atoms with E-state index in [4.69, 9.17) is 61.6 Å². The summed E-state index contributed by atoms with van der Waals surface area (Å²) < 4.78 is 73.2. The number of phenolic OH excluding ortho intramolecular Hbond substituents is 2. The molecule has 3 aromatic carbocycles. The summed E-state index contributed by atoms with van der Waals surface area (Å²) >= 11 is 0. The van der Waals surface area contributed by atoms with Gasteiger partial charge in [-0.1, -0.05) is 0 Å². The van der Waals surface area contributed by atoms with Crippen LogP contribution in [0.2, 0.25) is 0 Å². The van der Waals surface area contributed by atoms with E-state index in [0.29, 0.717) is 18.8 Å². The number of fused-ring (bicyclic) bond motifs is 1. The van der Waals surface area contributed by atoms with E-state index in [-0.39, 0.29) is 75.2 Å². The summed E-state index contributed by atoms with van der Waals surface area (Å²) in [5.41, 5.74) is -0.791. The Morgan fingerprint density at radius 3 is 1.62 bits per heavy atom. The Labute approximate surface area is 360 Å². The van der Waals surface area contributed by atoms with E-state index in [2.05, 4.69) is 0 Å². The van der Waals surface area contributed by atoms with Gasteiger partial charge >= 0.3 is 5.97 Å². The van der Waals surface area contributed by atoms with Crippen LogP contribution in [0, 0.1) is 11.8 Å². The van der Waals surface area contributed by atoms with Crippen LogP contribution in [-0.2, 0) is 28.4 Å². The molecule has 63 heavy (non-hydrogen) atoms. The molecule has 3 aromatic rings. The number of methoxy groups -OCH3 is 6. The first-order valence-corrected chi connectivity index (χ1v) is 19.8. The third-order valence-electron chi connectivity index (χ3n) is 11.7. The SMILES string of the molecule is COc1cc(C(=O)OC[C@@]2(O)CO[C@@H](OC[C@H]3O[C@@H](Oc4c(OC)cc([C@H]5OC[C@H]6[C@@H]5CO[C@@H]6c5cc(OC)c(O)c(OC)c5)cc4OC)[C@H](O)[C@@H](O)[C@@H]3O)[C@@H]2O)cc(OC)c1O. The first kappa shape index (κ1) is 45.9. The lowest BCUT2D eigenvalue weighted by atomic mass is 9.84. The van der Waals surface area contributed by atoms with Crippen molar-refractivity contribution < 1.29 is 102 Å². The van der Waals surface area contributed by atoms with Crippen LogP contribution in [-0.4, -0.2) is 166 Å². The first-order valence-electron chi connectivity index (χ1n) is 19.8. The molecule has 7 rings (SSSR count). The Morgan fingerprint density at radius 1 is 0.651 bits per heavy atom. The summed E-state index contributed by atoms with van der Waals surface area (Å²) in [4.78, 5) is 12.8. The van der Waals surface area contributed by atoms with Crippen molar-refractivity contribution in [3.63, 3.8) is 0 Å². The van der Waals surface area contributed by atoms with Crippen molar-refractivity contribution in [2.45, 2.75) is 60.9 Å². The van der Waals surface area contributed by atoms with E-state index in [1.807, 2.05) is 0 Å². The fourth-order valence-electron chi connectivity index (χ4n) is 8.16. The van der Waals surface area contributed by atoms with Gasteiger partial charge in [0.05, 0.1) is 86.9 Å². The van der Waals surface area contributed by atoms with Gasteiger partial charge in [-0.2, -0.15) is 0 Å². The van der Waals surface area contributed by atoms with E-state index in [0.717, 1.165) is 5.56 Å². The Morgan fingerprint density at radius 2 is 1.13 bits per heavy atom. The van der Waals surface area contributed by atoms with Crippen molar-refractivity contribution in [1.82, 2.24) is 0 Å². The van der Waals surface area contributed by atoms with Gasteiger partial charge in [0.2, 0.25) is 23.5 Å². The molecular formula is C42H52O21. The molecule has 4 fully saturated rings. The number of aromatic hydroxyl groups is 2. The van der Waals surface area contributed by atoms with E-state index in [9.17, 15) is 40.5 Å². The van der Waals surface area contributed by atoms with E-state index in [1.165, 1.54) is 54.8 Å². The zero-order valence-electron chi connectivity index (χ0n) is 35.2. The van der Waals surface area contributed by atoms with Crippen molar-refractivity contribution in [3.8, 4) is 51.7 Å². The molecule has 0 unspecified atom stereocenters. The lowest BCUT2D eigenvalue weighted by Crippen LogP contribution is -2.60. The monoisotopic (exact) mass is 892 g/mol. The van der Waals surface area contributed by atoms with Crippen molar-refractivity contribution in [2.24, 2.45) is 11.8 Å². The molecule has 4 saturated heterocycles. The quantitative estimate of drug-likeness (QED) is 0.0977. The largest absolute Gasteiger partial charge is 0.502 e. The summed E-state index contributed by atoms with van der Waals surface area (Å²) in [6.07, 6.45) is -12.4. The molecule has 0 radical (unpaired) electrons. The lowest BCUT2D eigenvalue weighted by molar-refractivity contribution is -0.289. The summed E-state index contributed by atoms with van der Waals surface area (Å²) in [7, 11) is 8.24. The minimum absolute atomic E-state index is 0.00668. The number of aliphatic hydroxyl groups excluding tert-OH is 4. The number of hydrogen-bond acceptors (Lipinski definition) is 21. The molecule has 0 saturated carbocycles. The molecule has 4 aliphatic heterocycles. The third-order valence-corrected chi connectivity index (χ3v) is 11.7. The summed E-state index contributed by atoms with van der Waals surface area (Å²) in [5, 5.41) is 75.4. The maximum Gasteiger partial charge on any atom is 0.338 e. The number of hydrogen-bond donors (Lipinski definition) is 7. The Balaban J connectivity index is 0.997. The number of carbonyl (C=O) groups is 1. The maximum atomic E-state index is 12.8. The standard InChI is InChI=1S/C42H52O21/c1-51-23-7-18(8-24(52-2)30(23)43)35-21-13-58-36(22(21)14-57-35)19-9-27(55-5)37(28(10-19)56-6)63-40-34(47)33(46)32(45)29(62-40)15-59-41-38(48)42(50,17-61-41)16-60-39(49)20-11-25(53-3)31(44)26(12-20)54-4/h7-12,21-22,29,32-36,38,40-41,43-48,50H,13-17H2,1-6H3/t21-,22-,29+,32+,33-,34+,35+,36+,38-,40-,41+,42+/m0/s1. The molecule has 4 heterocycles. The van der Waals surface area contributed by atoms with Crippen LogP contribution < -0.4 is 33.2 Å². The minimum Gasteiger partial charge on any atom is -0.502 e. The smallest absolute Gasteiger partial charge is 0.338 e. The predicted octanol–water partition coefficient (Wildman–Crippen LogP) is 0.733. The molecular weight excluding hydrogens is 840 g/mol. The van der Waals surface area contributed by atoms with Gasteiger partial charge in [-0.3, -0.25) is 0 Å². The van der Waals surface area contributed by atoms with Crippen LogP contribution in [0.5, 0.6) is 51.7 Å². The van der Waals surface area contributed by atoms with Crippen LogP contribution >= 0.6 is 0 Å². The van der Waals surface area contributed by atoms with Crippen LogP contribution in [0.15, 0.2) is 36.4 Å². The molecule has 0 aliphatic carbocycles. The highest BCUT2D eigenvalue weighted by Crippen LogP contribution is 2.54. The molecule has 346 valence electrons. The molecule has 7 N–H and O–H groups in total. The topological polar surface area (TPSA) is 279 Å². The molecule has 12 atom stereocenters. The number of aliphatic hydroxyl groups is 5. The summed E-state index contributed by atoms with van der Waals surface area (Å²) in [6.45, 7) is -1.12. The number of carbonyl (C=O) groups excluding carboxylic acids is 1. The molecule has 21 nitrogen and oxygen atoms in total. The fourth-order valence-corrected chi connectivity index (χ4v) is 8.16. The van der Waals surface area contributed by atoms with Gasteiger partial charge in [-0.05, 0) is 47.5 Å². The molecule has 0 bridgehead atoms. The minimum atomic E-state index is -2.13. The van der Waals surface area contributed by atoms with Crippen molar-refractivity contribution >= 4 is 5.97 Å². The molecule has 21 heteroatoms. The van der Waals surface area contributed by atoms with Gasteiger partial charge < -0.3 is 97.3 Å². The zero-order chi connectivity index (χ0) is 45.3. The number of esters is 1. The Kier molecular flexibility index (Phi) is 13.8.